The van der Waals surface area contributed by atoms with Crippen molar-refractivity contribution in [2.24, 2.45) is 7.05 Å². The van der Waals surface area contributed by atoms with Gasteiger partial charge in [-0.15, -0.1) is 0 Å². The molecule has 0 spiro atoms. The van der Waals surface area contributed by atoms with Crippen LogP contribution in [0.4, 0.5) is 10.5 Å². The predicted molar refractivity (Wildman–Crippen MR) is 141 cm³/mol. The molecule has 1 aromatic carbocycles. The Morgan fingerprint density at radius 2 is 2.11 bits per heavy atom. The molecule has 1 amide bonds. The lowest BCUT2D eigenvalue weighted by molar-refractivity contribution is 0.185. The van der Waals surface area contributed by atoms with E-state index in [4.69, 9.17) is 26.9 Å². The third-order valence-electron chi connectivity index (χ3n) is 6.62. The van der Waals surface area contributed by atoms with E-state index >= 15 is 0 Å². The molecule has 11 nitrogen and oxygen atoms in total. The Morgan fingerprint density at radius 1 is 1.32 bits per heavy atom. The lowest BCUT2D eigenvalue weighted by Crippen LogP contribution is -2.30. The molecule has 0 saturated carbocycles. The number of hydrogen-bond donors (Lipinski definition) is 4. The van der Waals surface area contributed by atoms with Crippen LogP contribution in [-0.2, 0) is 11.8 Å². The fourth-order valence-electron chi connectivity index (χ4n) is 4.97. The molecule has 0 radical (unpaired) electrons. The number of ether oxygens (including phenoxy) is 1. The second-order valence-corrected chi connectivity index (χ2v) is 9.57. The molecule has 2 atom stereocenters. The number of halogens is 1. The number of rotatable bonds is 5. The highest BCUT2D eigenvalue weighted by atomic mass is 35.5. The van der Waals surface area contributed by atoms with Crippen LogP contribution in [0.1, 0.15) is 42.2 Å². The summed E-state index contributed by atoms with van der Waals surface area (Å²) in [5, 5.41) is 29.5. The van der Waals surface area contributed by atoms with Gasteiger partial charge in [-0.25, -0.2) is 14.5 Å². The quantitative estimate of drug-likeness (QED) is 0.176. The fraction of sp³-hybridized carbons (Fsp3) is 0.320. The SMILES string of the molecule is Cc1cc(C(C)Nc2ccc(Cl)nc2C(=N)NC(=O)O)c2c(c1)c(=O)n(C)c1c2cnn1C1CCOC1. The molecule has 37 heavy (non-hydrogen) atoms. The summed E-state index contributed by atoms with van der Waals surface area (Å²) in [5.74, 6) is -0.407. The van der Waals surface area contributed by atoms with E-state index in [2.05, 4.69) is 15.4 Å². The Morgan fingerprint density at radius 3 is 2.81 bits per heavy atom. The molecular formula is C25H26ClN7O4. The zero-order chi connectivity index (χ0) is 26.4. The second kappa shape index (κ2) is 9.49. The normalized spacial score (nSPS) is 16.3. The number of carboxylic acid groups (broad SMARTS) is 1. The van der Waals surface area contributed by atoms with Gasteiger partial charge in [0, 0.05) is 35.9 Å². The molecule has 1 saturated heterocycles. The molecule has 12 heteroatoms. The van der Waals surface area contributed by atoms with Crippen LogP contribution >= 0.6 is 11.6 Å². The van der Waals surface area contributed by atoms with Crippen molar-refractivity contribution in [3.63, 3.8) is 0 Å². The Kier molecular flexibility index (Phi) is 6.34. The second-order valence-electron chi connectivity index (χ2n) is 9.19. The average Bonchev–Trinajstić information content (AvgIpc) is 3.52. The largest absolute Gasteiger partial charge is 0.465 e. The number of carbonyl (C=O) groups is 1. The molecule has 4 aromatic rings. The molecule has 0 aliphatic carbocycles. The molecule has 4 N–H and O–H groups in total. The van der Waals surface area contributed by atoms with Crippen molar-refractivity contribution in [3.05, 3.63) is 62.8 Å². The first kappa shape index (κ1) is 24.7. The van der Waals surface area contributed by atoms with Crippen molar-refractivity contribution in [2.45, 2.75) is 32.4 Å². The lowest BCUT2D eigenvalue weighted by Gasteiger charge is -2.21. The Labute approximate surface area is 216 Å². The van der Waals surface area contributed by atoms with E-state index in [1.165, 1.54) is 0 Å². The summed E-state index contributed by atoms with van der Waals surface area (Å²) < 4.78 is 9.08. The minimum absolute atomic E-state index is 0.0560. The van der Waals surface area contributed by atoms with Crippen molar-refractivity contribution in [3.8, 4) is 0 Å². The van der Waals surface area contributed by atoms with Crippen molar-refractivity contribution >= 4 is 51.0 Å². The molecule has 0 bridgehead atoms. The van der Waals surface area contributed by atoms with Crippen LogP contribution in [0.25, 0.3) is 21.8 Å². The van der Waals surface area contributed by atoms with E-state index < -0.39 is 11.9 Å². The number of amides is 1. The summed E-state index contributed by atoms with van der Waals surface area (Å²) in [6, 6.07) is 6.80. The molecular weight excluding hydrogens is 498 g/mol. The first-order chi connectivity index (χ1) is 17.7. The number of benzene rings is 1. The number of fused-ring (bicyclic) bond motifs is 3. The number of aromatic nitrogens is 4. The average molecular weight is 524 g/mol. The smallest absolute Gasteiger partial charge is 0.410 e. The van der Waals surface area contributed by atoms with Crippen LogP contribution in [0.5, 0.6) is 0 Å². The molecule has 2 unspecified atom stereocenters. The van der Waals surface area contributed by atoms with Gasteiger partial charge in [-0.1, -0.05) is 17.7 Å². The van der Waals surface area contributed by atoms with Crippen LogP contribution in [0.2, 0.25) is 5.15 Å². The summed E-state index contributed by atoms with van der Waals surface area (Å²) in [4.78, 5) is 28.8. The maximum atomic E-state index is 13.5. The number of nitrogens with one attached hydrogen (secondary N) is 3. The van der Waals surface area contributed by atoms with Crippen LogP contribution in [0.3, 0.4) is 0 Å². The summed E-state index contributed by atoms with van der Waals surface area (Å²) in [6.07, 6.45) is 1.24. The van der Waals surface area contributed by atoms with Gasteiger partial charge in [0.15, 0.2) is 5.84 Å². The van der Waals surface area contributed by atoms with Crippen molar-refractivity contribution in [2.75, 3.05) is 18.5 Å². The Balaban J connectivity index is 1.66. The number of amidine groups is 1. The summed E-state index contributed by atoms with van der Waals surface area (Å²) in [7, 11) is 1.76. The van der Waals surface area contributed by atoms with Crippen molar-refractivity contribution in [1.29, 1.82) is 5.41 Å². The van der Waals surface area contributed by atoms with E-state index in [1.54, 1.807) is 29.9 Å². The van der Waals surface area contributed by atoms with E-state index in [0.717, 1.165) is 34.0 Å². The molecule has 4 heterocycles. The molecule has 1 fully saturated rings. The van der Waals surface area contributed by atoms with Gasteiger partial charge < -0.3 is 15.2 Å². The number of nitrogens with zero attached hydrogens (tertiary/aromatic N) is 4. The third kappa shape index (κ3) is 4.40. The predicted octanol–water partition coefficient (Wildman–Crippen LogP) is 3.97. The van der Waals surface area contributed by atoms with Gasteiger partial charge in [0.1, 0.15) is 16.5 Å². The van der Waals surface area contributed by atoms with E-state index in [1.807, 2.05) is 36.0 Å². The first-order valence-corrected chi connectivity index (χ1v) is 12.1. The summed E-state index contributed by atoms with van der Waals surface area (Å²) >= 11 is 6.04. The molecule has 1 aliphatic rings. The van der Waals surface area contributed by atoms with Crippen LogP contribution in [0, 0.1) is 12.3 Å². The van der Waals surface area contributed by atoms with Crippen LogP contribution in [0.15, 0.2) is 35.3 Å². The lowest BCUT2D eigenvalue weighted by atomic mass is 9.95. The number of pyridine rings is 2. The highest BCUT2D eigenvalue weighted by Crippen LogP contribution is 2.34. The van der Waals surface area contributed by atoms with E-state index in [-0.39, 0.29) is 28.5 Å². The van der Waals surface area contributed by atoms with Gasteiger partial charge in [0.25, 0.3) is 5.56 Å². The molecule has 5 rings (SSSR count). The summed E-state index contributed by atoms with van der Waals surface area (Å²) in [6.45, 7) is 5.06. The van der Waals surface area contributed by atoms with Crippen LogP contribution in [-0.4, -0.2) is 49.6 Å². The highest BCUT2D eigenvalue weighted by Gasteiger charge is 2.25. The fourth-order valence-corrected chi connectivity index (χ4v) is 5.12. The monoisotopic (exact) mass is 523 g/mol. The standard InChI is InChI=1S/C25H26ClN7O4/c1-12-8-15(13(2)29-18-4-5-19(26)30-21(18)22(27)31-25(35)36)20-16(9-12)24(34)32(3)23-17(20)10-28-33(23)14-6-7-37-11-14/h4-5,8-10,13-14,29H,6-7,11H2,1-3H3,(H2,27,31)(H,35,36). The summed E-state index contributed by atoms with van der Waals surface area (Å²) in [5.41, 5.74) is 2.86. The van der Waals surface area contributed by atoms with Crippen molar-refractivity contribution < 1.29 is 14.6 Å². The zero-order valence-corrected chi connectivity index (χ0v) is 21.3. The third-order valence-corrected chi connectivity index (χ3v) is 6.83. The van der Waals surface area contributed by atoms with Gasteiger partial charge in [-0.2, -0.15) is 5.10 Å². The maximum absolute atomic E-state index is 13.5. The number of aryl methyl sites for hydroxylation is 2. The number of anilines is 1. The van der Waals surface area contributed by atoms with Gasteiger partial charge in [-0.05, 0) is 49.6 Å². The Hall–Kier alpha value is -3.96. The molecule has 1 aliphatic heterocycles. The first-order valence-electron chi connectivity index (χ1n) is 11.8. The van der Waals surface area contributed by atoms with Crippen molar-refractivity contribution in [1.82, 2.24) is 24.6 Å². The minimum Gasteiger partial charge on any atom is -0.465 e. The maximum Gasteiger partial charge on any atom is 0.410 e. The molecule has 3 aromatic heterocycles. The van der Waals surface area contributed by atoms with Gasteiger partial charge in [0.2, 0.25) is 0 Å². The zero-order valence-electron chi connectivity index (χ0n) is 20.5. The van der Waals surface area contributed by atoms with Crippen LogP contribution < -0.4 is 16.2 Å². The van der Waals surface area contributed by atoms with Gasteiger partial charge in [0.05, 0.1) is 24.5 Å². The minimum atomic E-state index is -1.38. The topological polar surface area (TPSA) is 147 Å². The highest BCUT2D eigenvalue weighted by molar-refractivity contribution is 6.29. The molecule has 192 valence electrons. The van der Waals surface area contributed by atoms with E-state index in [0.29, 0.717) is 24.3 Å². The number of hydrogen-bond acceptors (Lipinski definition) is 7. The van der Waals surface area contributed by atoms with Gasteiger partial charge in [-0.3, -0.25) is 20.1 Å². The van der Waals surface area contributed by atoms with Gasteiger partial charge >= 0.3 is 6.09 Å². The Bertz CT molecular complexity index is 1620. The van der Waals surface area contributed by atoms with E-state index in [9.17, 15) is 9.59 Å².